The number of rotatable bonds is 8. The molecule has 0 aromatic heterocycles. The fourth-order valence-corrected chi connectivity index (χ4v) is 2.59. The minimum absolute atomic E-state index is 0.401. The van der Waals surface area contributed by atoms with Crippen LogP contribution in [-0.4, -0.2) is 5.38 Å². The second kappa shape index (κ2) is 6.00. The van der Waals surface area contributed by atoms with E-state index in [-0.39, 0.29) is 0 Å². The minimum atomic E-state index is 0.401. The Kier molecular flexibility index (Phi) is 5.30. The van der Waals surface area contributed by atoms with Crippen LogP contribution in [0.2, 0.25) is 0 Å². The van der Waals surface area contributed by atoms with E-state index >= 15 is 0 Å². The molecule has 1 aliphatic carbocycles. The van der Waals surface area contributed by atoms with Crippen LogP contribution >= 0.6 is 11.6 Å². The zero-order chi connectivity index (χ0) is 10.4. The first kappa shape index (κ1) is 12.4. The molecule has 0 nitrogen and oxygen atoms in total. The first-order valence-corrected chi connectivity index (χ1v) is 6.79. The summed E-state index contributed by atoms with van der Waals surface area (Å²) in [5, 5.41) is 0.401. The van der Waals surface area contributed by atoms with Gasteiger partial charge < -0.3 is 0 Å². The first-order valence-electron chi connectivity index (χ1n) is 6.35. The van der Waals surface area contributed by atoms with Crippen molar-refractivity contribution in [1.29, 1.82) is 0 Å². The van der Waals surface area contributed by atoms with Gasteiger partial charge in [-0.2, -0.15) is 0 Å². The molecule has 0 aliphatic heterocycles. The van der Waals surface area contributed by atoms with E-state index in [4.69, 9.17) is 11.6 Å². The van der Waals surface area contributed by atoms with Crippen LogP contribution in [0.1, 0.15) is 71.6 Å². The SMILES string of the molecule is CCCCCCCCC1(C(C)Cl)CC1. The summed E-state index contributed by atoms with van der Waals surface area (Å²) in [6, 6.07) is 0. The quantitative estimate of drug-likeness (QED) is 0.389. The van der Waals surface area contributed by atoms with Crippen LogP contribution < -0.4 is 0 Å². The van der Waals surface area contributed by atoms with Crippen molar-refractivity contribution in [2.45, 2.75) is 77.0 Å². The lowest BCUT2D eigenvalue weighted by atomic mass is 9.95. The van der Waals surface area contributed by atoms with Gasteiger partial charge in [-0.05, 0) is 31.6 Å². The molecule has 0 radical (unpaired) electrons. The molecular weight excluding hydrogens is 192 g/mol. The molecular formula is C13H25Cl. The molecule has 1 saturated carbocycles. The Morgan fingerprint density at radius 2 is 1.64 bits per heavy atom. The molecule has 1 aliphatic rings. The van der Waals surface area contributed by atoms with Gasteiger partial charge in [0.05, 0.1) is 0 Å². The molecule has 0 N–H and O–H groups in total. The van der Waals surface area contributed by atoms with Crippen molar-refractivity contribution < 1.29 is 0 Å². The van der Waals surface area contributed by atoms with E-state index in [1.165, 1.54) is 57.8 Å². The topological polar surface area (TPSA) is 0 Å². The third-order valence-corrected chi connectivity index (χ3v) is 4.23. The summed E-state index contributed by atoms with van der Waals surface area (Å²) in [5.74, 6) is 0. The van der Waals surface area contributed by atoms with Crippen LogP contribution in [0.15, 0.2) is 0 Å². The van der Waals surface area contributed by atoms with Crippen LogP contribution in [-0.2, 0) is 0 Å². The lowest BCUT2D eigenvalue weighted by Gasteiger charge is -2.17. The van der Waals surface area contributed by atoms with Gasteiger partial charge in [0.15, 0.2) is 0 Å². The highest BCUT2D eigenvalue weighted by Crippen LogP contribution is 2.54. The molecule has 1 rings (SSSR count). The summed E-state index contributed by atoms with van der Waals surface area (Å²) in [7, 11) is 0. The predicted octanol–water partition coefficient (Wildman–Crippen LogP) is 5.14. The molecule has 14 heavy (non-hydrogen) atoms. The molecule has 1 atom stereocenters. The predicted molar refractivity (Wildman–Crippen MR) is 65.0 cm³/mol. The van der Waals surface area contributed by atoms with Gasteiger partial charge in [-0.3, -0.25) is 0 Å². The molecule has 0 aromatic rings. The van der Waals surface area contributed by atoms with E-state index in [0.717, 1.165) is 0 Å². The zero-order valence-electron chi connectivity index (χ0n) is 9.82. The Hall–Kier alpha value is 0.290. The number of unbranched alkanes of at least 4 members (excludes halogenated alkanes) is 5. The molecule has 0 heterocycles. The molecule has 0 bridgehead atoms. The van der Waals surface area contributed by atoms with E-state index in [0.29, 0.717) is 10.8 Å². The number of hydrogen-bond donors (Lipinski definition) is 0. The van der Waals surface area contributed by atoms with Crippen molar-refractivity contribution in [3.05, 3.63) is 0 Å². The first-order chi connectivity index (χ1) is 6.71. The van der Waals surface area contributed by atoms with Gasteiger partial charge in [0, 0.05) is 5.38 Å². The minimum Gasteiger partial charge on any atom is -0.123 e. The highest BCUT2D eigenvalue weighted by atomic mass is 35.5. The molecule has 1 heteroatoms. The molecule has 84 valence electrons. The molecule has 0 aromatic carbocycles. The van der Waals surface area contributed by atoms with Gasteiger partial charge >= 0.3 is 0 Å². The molecule has 0 saturated heterocycles. The van der Waals surface area contributed by atoms with E-state index in [2.05, 4.69) is 13.8 Å². The maximum atomic E-state index is 6.19. The molecule has 1 fully saturated rings. The number of alkyl halides is 1. The number of hydrogen-bond acceptors (Lipinski definition) is 0. The second-order valence-corrected chi connectivity index (χ2v) is 5.65. The third kappa shape index (κ3) is 3.81. The van der Waals surface area contributed by atoms with Crippen molar-refractivity contribution in [1.82, 2.24) is 0 Å². The van der Waals surface area contributed by atoms with Crippen molar-refractivity contribution in [3.8, 4) is 0 Å². The van der Waals surface area contributed by atoms with E-state index in [1.54, 1.807) is 0 Å². The second-order valence-electron chi connectivity index (χ2n) is 5.00. The Bertz CT molecular complexity index is 147. The summed E-state index contributed by atoms with van der Waals surface area (Å²) in [5.41, 5.74) is 0.562. The summed E-state index contributed by atoms with van der Waals surface area (Å²) >= 11 is 6.19. The van der Waals surface area contributed by atoms with Crippen LogP contribution in [0.4, 0.5) is 0 Å². The zero-order valence-corrected chi connectivity index (χ0v) is 10.6. The highest BCUT2D eigenvalue weighted by Gasteiger charge is 2.45. The molecule has 0 amide bonds. The fourth-order valence-electron chi connectivity index (χ4n) is 2.26. The monoisotopic (exact) mass is 216 g/mol. The van der Waals surface area contributed by atoms with E-state index in [1.807, 2.05) is 0 Å². The van der Waals surface area contributed by atoms with Gasteiger partial charge in [-0.15, -0.1) is 11.6 Å². The van der Waals surface area contributed by atoms with Gasteiger partial charge in [0.1, 0.15) is 0 Å². The Morgan fingerprint density at radius 3 is 2.14 bits per heavy atom. The maximum Gasteiger partial charge on any atom is 0.0364 e. The van der Waals surface area contributed by atoms with Gasteiger partial charge in [0.25, 0.3) is 0 Å². The Morgan fingerprint density at radius 1 is 1.07 bits per heavy atom. The van der Waals surface area contributed by atoms with Gasteiger partial charge in [-0.1, -0.05) is 45.4 Å². The molecule has 0 spiro atoms. The van der Waals surface area contributed by atoms with Crippen LogP contribution in [0, 0.1) is 5.41 Å². The summed E-state index contributed by atoms with van der Waals surface area (Å²) in [4.78, 5) is 0. The summed E-state index contributed by atoms with van der Waals surface area (Å²) in [6.07, 6.45) is 12.6. The van der Waals surface area contributed by atoms with Crippen LogP contribution in [0.3, 0.4) is 0 Å². The lowest BCUT2D eigenvalue weighted by molar-refractivity contribution is 0.425. The lowest BCUT2D eigenvalue weighted by Crippen LogP contribution is -2.11. The summed E-state index contributed by atoms with van der Waals surface area (Å²) < 4.78 is 0. The van der Waals surface area contributed by atoms with Crippen molar-refractivity contribution in [2.24, 2.45) is 5.41 Å². The van der Waals surface area contributed by atoms with E-state index in [9.17, 15) is 0 Å². The summed E-state index contributed by atoms with van der Waals surface area (Å²) in [6.45, 7) is 4.44. The molecule has 1 unspecified atom stereocenters. The smallest absolute Gasteiger partial charge is 0.0364 e. The maximum absolute atomic E-state index is 6.19. The van der Waals surface area contributed by atoms with Gasteiger partial charge in [-0.25, -0.2) is 0 Å². The average molecular weight is 217 g/mol. The average Bonchev–Trinajstić information content (AvgIpc) is 2.92. The third-order valence-electron chi connectivity index (χ3n) is 3.76. The normalized spacial score (nSPS) is 20.8. The Balaban J connectivity index is 1.94. The highest BCUT2D eigenvalue weighted by molar-refractivity contribution is 6.21. The Labute approximate surface area is 94.4 Å². The van der Waals surface area contributed by atoms with Crippen molar-refractivity contribution in [2.75, 3.05) is 0 Å². The largest absolute Gasteiger partial charge is 0.123 e. The van der Waals surface area contributed by atoms with Crippen molar-refractivity contribution in [3.63, 3.8) is 0 Å². The van der Waals surface area contributed by atoms with Crippen LogP contribution in [0.25, 0.3) is 0 Å². The fraction of sp³-hybridized carbons (Fsp3) is 1.00. The van der Waals surface area contributed by atoms with Gasteiger partial charge in [0.2, 0.25) is 0 Å². The standard InChI is InChI=1S/C13H25Cl/c1-3-4-5-6-7-8-9-13(10-11-13)12(2)14/h12H,3-11H2,1-2H3. The van der Waals surface area contributed by atoms with Crippen molar-refractivity contribution >= 4 is 11.6 Å². The van der Waals surface area contributed by atoms with E-state index < -0.39 is 0 Å². The van der Waals surface area contributed by atoms with Crippen LogP contribution in [0.5, 0.6) is 0 Å². The number of halogens is 1.